The van der Waals surface area contributed by atoms with Gasteiger partial charge in [0.15, 0.2) is 0 Å². The molecule has 0 aliphatic heterocycles. The van der Waals surface area contributed by atoms with Crippen molar-refractivity contribution in [2.24, 2.45) is 0 Å². The van der Waals surface area contributed by atoms with Crippen molar-refractivity contribution in [1.29, 1.82) is 0 Å². The van der Waals surface area contributed by atoms with E-state index in [0.29, 0.717) is 19.7 Å². The summed E-state index contributed by atoms with van der Waals surface area (Å²) in [5, 5.41) is 18.1. The van der Waals surface area contributed by atoms with Crippen molar-refractivity contribution in [1.82, 2.24) is 4.90 Å². The zero-order chi connectivity index (χ0) is 10.3. The van der Waals surface area contributed by atoms with E-state index >= 15 is 0 Å². The van der Waals surface area contributed by atoms with Crippen LogP contribution in [0, 0.1) is 0 Å². The number of hydrogen-bond acceptors (Lipinski definition) is 4. The average Bonchev–Trinajstić information content (AvgIpc) is 2.01. The molecule has 2 N–H and O–H groups in total. The third kappa shape index (κ3) is 8.18. The van der Waals surface area contributed by atoms with Gasteiger partial charge < -0.3 is 19.8 Å². The minimum absolute atomic E-state index is 0.119. The number of aliphatic hydroxyl groups excluding tert-OH is 2. The van der Waals surface area contributed by atoms with Crippen molar-refractivity contribution < 1.29 is 14.9 Å². The molecule has 0 bridgehead atoms. The smallest absolute Gasteiger partial charge is 0.0900 e. The van der Waals surface area contributed by atoms with Gasteiger partial charge in [-0.25, -0.2) is 0 Å². The Hall–Kier alpha value is -0.160. The quantitative estimate of drug-likeness (QED) is 0.580. The molecule has 0 rings (SSSR count). The van der Waals surface area contributed by atoms with Gasteiger partial charge in [-0.15, -0.1) is 0 Å². The highest BCUT2D eigenvalue weighted by atomic mass is 16.5. The van der Waals surface area contributed by atoms with E-state index in [0.717, 1.165) is 0 Å². The lowest BCUT2D eigenvalue weighted by Gasteiger charge is -2.20. The second-order valence-corrected chi connectivity index (χ2v) is 3.52. The number of aliphatic hydroxyl groups is 2. The van der Waals surface area contributed by atoms with Crippen molar-refractivity contribution in [3.63, 3.8) is 0 Å². The zero-order valence-corrected chi connectivity index (χ0v) is 8.73. The van der Waals surface area contributed by atoms with E-state index in [2.05, 4.69) is 0 Å². The lowest BCUT2D eigenvalue weighted by molar-refractivity contribution is -0.00678. The highest BCUT2D eigenvalue weighted by Crippen LogP contribution is 1.94. The van der Waals surface area contributed by atoms with E-state index in [-0.39, 0.29) is 12.7 Å². The van der Waals surface area contributed by atoms with Crippen LogP contribution in [0.1, 0.15) is 13.8 Å². The van der Waals surface area contributed by atoms with Gasteiger partial charge in [0.2, 0.25) is 0 Å². The first-order valence-electron chi connectivity index (χ1n) is 4.65. The van der Waals surface area contributed by atoms with Gasteiger partial charge in [-0.3, -0.25) is 0 Å². The zero-order valence-electron chi connectivity index (χ0n) is 8.73. The van der Waals surface area contributed by atoms with Gasteiger partial charge >= 0.3 is 0 Å². The van der Waals surface area contributed by atoms with Crippen LogP contribution in [0.2, 0.25) is 0 Å². The Labute approximate surface area is 80.1 Å². The summed E-state index contributed by atoms with van der Waals surface area (Å²) in [6, 6.07) is 0. The molecule has 1 atom stereocenters. The second-order valence-electron chi connectivity index (χ2n) is 3.52. The van der Waals surface area contributed by atoms with Crippen LogP contribution >= 0.6 is 0 Å². The van der Waals surface area contributed by atoms with E-state index in [1.807, 2.05) is 25.8 Å². The lowest BCUT2D eigenvalue weighted by Crippen LogP contribution is -2.34. The van der Waals surface area contributed by atoms with E-state index in [4.69, 9.17) is 9.84 Å². The van der Waals surface area contributed by atoms with Crippen molar-refractivity contribution in [2.45, 2.75) is 26.1 Å². The van der Waals surface area contributed by atoms with Gasteiger partial charge in [0.05, 0.1) is 25.4 Å². The molecule has 80 valence electrons. The van der Waals surface area contributed by atoms with Gasteiger partial charge in [0.25, 0.3) is 0 Å². The largest absolute Gasteiger partial charge is 0.395 e. The Morgan fingerprint density at radius 3 is 2.46 bits per heavy atom. The molecule has 0 fully saturated rings. The maximum absolute atomic E-state index is 9.45. The van der Waals surface area contributed by atoms with E-state index in [1.165, 1.54) is 0 Å². The molecular formula is C9H21NO3. The Bertz CT molecular complexity index is 119. The second kappa shape index (κ2) is 7.26. The van der Waals surface area contributed by atoms with Crippen LogP contribution in [-0.4, -0.2) is 60.7 Å². The first-order chi connectivity index (χ1) is 6.06. The standard InChI is InChI=1S/C9H21NO3/c1-8(2)13-7-9(12)6-10(3)4-5-11/h8-9,11-12H,4-7H2,1-3H3/t9-/m1/s1. The Balaban J connectivity index is 3.43. The van der Waals surface area contributed by atoms with Gasteiger partial charge in [-0.2, -0.15) is 0 Å². The Kier molecular flexibility index (Phi) is 7.17. The molecule has 0 amide bonds. The summed E-state index contributed by atoms with van der Waals surface area (Å²) in [6.45, 7) is 5.46. The Morgan fingerprint density at radius 1 is 1.38 bits per heavy atom. The van der Waals surface area contributed by atoms with Crippen LogP contribution in [-0.2, 0) is 4.74 Å². The monoisotopic (exact) mass is 191 g/mol. The van der Waals surface area contributed by atoms with E-state index in [9.17, 15) is 5.11 Å². The number of likely N-dealkylation sites (N-methyl/N-ethyl adjacent to an activating group) is 1. The van der Waals surface area contributed by atoms with Gasteiger partial charge in [0, 0.05) is 13.1 Å². The third-order valence-corrected chi connectivity index (χ3v) is 1.63. The molecule has 0 heterocycles. The topological polar surface area (TPSA) is 52.9 Å². The molecule has 13 heavy (non-hydrogen) atoms. The predicted molar refractivity (Wildman–Crippen MR) is 51.7 cm³/mol. The van der Waals surface area contributed by atoms with Crippen LogP contribution < -0.4 is 0 Å². The number of ether oxygens (including phenoxy) is 1. The van der Waals surface area contributed by atoms with Gasteiger partial charge in [-0.05, 0) is 20.9 Å². The fourth-order valence-corrected chi connectivity index (χ4v) is 0.978. The molecule has 0 radical (unpaired) electrons. The Morgan fingerprint density at radius 2 is 2.00 bits per heavy atom. The summed E-state index contributed by atoms with van der Waals surface area (Å²) in [5.41, 5.74) is 0. The fourth-order valence-electron chi connectivity index (χ4n) is 0.978. The van der Waals surface area contributed by atoms with Crippen molar-refractivity contribution in [3.05, 3.63) is 0 Å². The SMILES string of the molecule is CC(C)OC[C@H](O)CN(C)CCO. The maximum atomic E-state index is 9.45. The predicted octanol–water partition coefficient (Wildman–Crippen LogP) is -0.304. The summed E-state index contributed by atoms with van der Waals surface area (Å²) < 4.78 is 5.24. The third-order valence-electron chi connectivity index (χ3n) is 1.63. The van der Waals surface area contributed by atoms with Crippen molar-refractivity contribution in [3.8, 4) is 0 Å². The highest BCUT2D eigenvalue weighted by molar-refractivity contribution is 4.60. The lowest BCUT2D eigenvalue weighted by atomic mass is 10.3. The molecule has 0 unspecified atom stereocenters. The minimum Gasteiger partial charge on any atom is -0.395 e. The maximum Gasteiger partial charge on any atom is 0.0900 e. The molecular weight excluding hydrogens is 170 g/mol. The molecule has 0 aromatic heterocycles. The van der Waals surface area contributed by atoms with Crippen LogP contribution in [0.3, 0.4) is 0 Å². The van der Waals surface area contributed by atoms with Gasteiger partial charge in [0.1, 0.15) is 0 Å². The van der Waals surface area contributed by atoms with Crippen LogP contribution in [0.4, 0.5) is 0 Å². The van der Waals surface area contributed by atoms with Crippen LogP contribution in [0.25, 0.3) is 0 Å². The summed E-state index contributed by atoms with van der Waals surface area (Å²) in [4.78, 5) is 1.87. The summed E-state index contributed by atoms with van der Waals surface area (Å²) in [5.74, 6) is 0. The molecule has 0 aliphatic carbocycles. The van der Waals surface area contributed by atoms with Gasteiger partial charge in [-0.1, -0.05) is 0 Å². The highest BCUT2D eigenvalue weighted by Gasteiger charge is 2.08. The molecule has 0 aromatic rings. The first-order valence-corrected chi connectivity index (χ1v) is 4.65. The summed E-state index contributed by atoms with van der Waals surface area (Å²) in [6.07, 6.45) is -0.322. The summed E-state index contributed by atoms with van der Waals surface area (Å²) >= 11 is 0. The van der Waals surface area contributed by atoms with Crippen LogP contribution in [0.15, 0.2) is 0 Å². The molecule has 0 saturated heterocycles. The molecule has 4 heteroatoms. The van der Waals surface area contributed by atoms with Crippen molar-refractivity contribution in [2.75, 3.05) is 33.4 Å². The average molecular weight is 191 g/mol. The normalized spacial score (nSPS) is 14.1. The number of hydrogen-bond donors (Lipinski definition) is 2. The molecule has 0 saturated carbocycles. The van der Waals surface area contributed by atoms with E-state index in [1.54, 1.807) is 0 Å². The summed E-state index contributed by atoms with van der Waals surface area (Å²) in [7, 11) is 1.86. The minimum atomic E-state index is -0.473. The first kappa shape index (κ1) is 12.8. The molecule has 4 nitrogen and oxygen atoms in total. The number of nitrogens with zero attached hydrogens (tertiary/aromatic N) is 1. The van der Waals surface area contributed by atoms with Crippen LogP contribution in [0.5, 0.6) is 0 Å². The molecule has 0 aromatic carbocycles. The van der Waals surface area contributed by atoms with Crippen molar-refractivity contribution >= 4 is 0 Å². The molecule has 0 aliphatic rings. The number of rotatable bonds is 7. The fraction of sp³-hybridized carbons (Fsp3) is 1.00. The molecule has 0 spiro atoms. The van der Waals surface area contributed by atoms with E-state index < -0.39 is 6.10 Å².